The van der Waals surface area contributed by atoms with E-state index in [0.29, 0.717) is 30.7 Å². The summed E-state index contributed by atoms with van der Waals surface area (Å²) in [5.41, 5.74) is 1.74. The number of nitrogens with one attached hydrogen (secondary N) is 2. The van der Waals surface area contributed by atoms with Crippen LogP contribution < -0.4 is 15.7 Å². The highest BCUT2D eigenvalue weighted by Gasteiger charge is 2.24. The third-order valence-electron chi connectivity index (χ3n) is 4.56. The van der Waals surface area contributed by atoms with E-state index in [1.54, 1.807) is 5.48 Å². The van der Waals surface area contributed by atoms with Crippen LogP contribution in [0.2, 0.25) is 0 Å². The Morgan fingerprint density at radius 1 is 1.27 bits per heavy atom. The Morgan fingerprint density at radius 2 is 1.88 bits per heavy atom. The number of carbonyl (C=O) groups is 2. The molecule has 1 aromatic rings. The lowest BCUT2D eigenvalue weighted by molar-refractivity contribution is -0.140. The van der Waals surface area contributed by atoms with Crippen LogP contribution in [0.5, 0.6) is 0 Å². The van der Waals surface area contributed by atoms with Crippen molar-refractivity contribution in [1.29, 1.82) is 0 Å². The van der Waals surface area contributed by atoms with Crippen molar-refractivity contribution < 1.29 is 19.9 Å². The Kier molecular flexibility index (Phi) is 7.28. The molecule has 2 rings (SSSR count). The summed E-state index contributed by atoms with van der Waals surface area (Å²) in [6.07, 6.45) is 5.22. The molecule has 2 heterocycles. The predicted octanol–water partition coefficient (Wildman–Crippen LogP) is 0.901. The maximum Gasteiger partial charge on any atom is 0.320 e. The summed E-state index contributed by atoms with van der Waals surface area (Å²) in [4.78, 5) is 33.0. The number of hydrogen-bond donors (Lipinski definition) is 4. The highest BCUT2D eigenvalue weighted by molar-refractivity contribution is 5.92. The van der Waals surface area contributed by atoms with E-state index in [9.17, 15) is 14.7 Å². The average molecular weight is 365 g/mol. The van der Waals surface area contributed by atoms with Crippen molar-refractivity contribution in [1.82, 2.24) is 20.8 Å². The number of anilines is 1. The highest BCUT2D eigenvalue weighted by Crippen LogP contribution is 2.20. The molecule has 9 nitrogen and oxygen atoms in total. The lowest BCUT2D eigenvalue weighted by atomic mass is 9.96. The Bertz CT molecular complexity index is 600. The van der Waals surface area contributed by atoms with Crippen LogP contribution >= 0.6 is 0 Å². The molecule has 0 bridgehead atoms. The van der Waals surface area contributed by atoms with Crippen molar-refractivity contribution in [3.05, 3.63) is 18.0 Å². The zero-order valence-corrected chi connectivity index (χ0v) is 15.2. The second-order valence-electron chi connectivity index (χ2n) is 7.07. The number of carboxylic acid groups (broad SMARTS) is 1. The monoisotopic (exact) mass is 365 g/mol. The van der Waals surface area contributed by atoms with Crippen LogP contribution in [0.3, 0.4) is 0 Å². The first kappa shape index (κ1) is 20.1. The van der Waals surface area contributed by atoms with Gasteiger partial charge in [0.2, 0.25) is 5.95 Å². The van der Waals surface area contributed by atoms with Gasteiger partial charge in [-0.15, -0.1) is 0 Å². The zero-order chi connectivity index (χ0) is 19.1. The summed E-state index contributed by atoms with van der Waals surface area (Å²) in [6.45, 7) is 6.28. The molecule has 0 unspecified atom stereocenters. The molecule has 0 saturated carbocycles. The maximum atomic E-state index is 11.3. The fourth-order valence-electron chi connectivity index (χ4n) is 3.06. The van der Waals surface area contributed by atoms with E-state index in [1.807, 2.05) is 18.7 Å². The van der Waals surface area contributed by atoms with E-state index in [2.05, 4.69) is 15.3 Å². The summed E-state index contributed by atoms with van der Waals surface area (Å²) in [7, 11) is 0. The summed E-state index contributed by atoms with van der Waals surface area (Å²) >= 11 is 0. The smallest absolute Gasteiger partial charge is 0.320 e. The van der Waals surface area contributed by atoms with Gasteiger partial charge in [0, 0.05) is 25.5 Å². The molecule has 26 heavy (non-hydrogen) atoms. The maximum absolute atomic E-state index is 11.3. The van der Waals surface area contributed by atoms with E-state index in [4.69, 9.17) is 5.21 Å². The average Bonchev–Trinajstić information content (AvgIpc) is 2.64. The topological polar surface area (TPSA) is 128 Å². The van der Waals surface area contributed by atoms with Crippen LogP contribution in [-0.2, 0) is 4.79 Å². The van der Waals surface area contributed by atoms with E-state index >= 15 is 0 Å². The molecule has 9 heteroatoms. The van der Waals surface area contributed by atoms with Gasteiger partial charge in [-0.1, -0.05) is 13.8 Å². The van der Waals surface area contributed by atoms with Gasteiger partial charge in [0.25, 0.3) is 5.91 Å². The second kappa shape index (κ2) is 9.44. The van der Waals surface area contributed by atoms with Gasteiger partial charge in [-0.25, -0.2) is 15.4 Å². The molecule has 4 N–H and O–H groups in total. The van der Waals surface area contributed by atoms with Crippen molar-refractivity contribution in [3.8, 4) is 0 Å². The Labute approximate surface area is 152 Å². The fourth-order valence-corrected chi connectivity index (χ4v) is 3.06. The van der Waals surface area contributed by atoms with Gasteiger partial charge in [0.05, 0.1) is 5.56 Å². The molecule has 1 atom stereocenters. The molecular weight excluding hydrogens is 338 g/mol. The minimum absolute atomic E-state index is 0.195. The molecule has 1 aromatic heterocycles. The van der Waals surface area contributed by atoms with Crippen LogP contribution in [0.25, 0.3) is 0 Å². The highest BCUT2D eigenvalue weighted by atomic mass is 16.5. The number of aliphatic carboxylic acids is 1. The molecule has 1 amide bonds. The second-order valence-corrected chi connectivity index (χ2v) is 7.07. The number of nitrogens with zero attached hydrogens (tertiary/aromatic N) is 3. The van der Waals surface area contributed by atoms with E-state index in [0.717, 1.165) is 25.9 Å². The number of rotatable bonds is 8. The molecular formula is C17H27N5O4. The minimum atomic E-state index is -0.795. The first-order valence-electron chi connectivity index (χ1n) is 8.88. The SMILES string of the molecule is CC(C)C[C@H](NCC1CCN(c2ncc(C(=O)NO)cn2)CC1)C(=O)O. The molecule has 0 aliphatic carbocycles. The van der Waals surface area contributed by atoms with Crippen molar-refractivity contribution in [2.75, 3.05) is 24.5 Å². The Hall–Kier alpha value is -2.26. The molecule has 0 spiro atoms. The third kappa shape index (κ3) is 5.63. The Morgan fingerprint density at radius 3 is 2.38 bits per heavy atom. The molecule has 144 valence electrons. The first-order chi connectivity index (χ1) is 12.4. The van der Waals surface area contributed by atoms with Crippen LogP contribution in [0, 0.1) is 11.8 Å². The van der Waals surface area contributed by atoms with Gasteiger partial charge >= 0.3 is 5.97 Å². The van der Waals surface area contributed by atoms with Crippen molar-refractivity contribution in [2.45, 2.75) is 39.2 Å². The standard InChI is InChI=1S/C17H27N5O4/c1-11(2)7-14(16(24)25)18-8-12-3-5-22(6-4-12)17-19-9-13(10-20-17)15(23)21-26/h9-12,14,18,26H,3-8H2,1-2H3,(H,21,23)(H,24,25)/t14-/m0/s1. The number of hydroxylamine groups is 1. The molecule has 1 aliphatic heterocycles. The number of hydrogen-bond acceptors (Lipinski definition) is 7. The molecule has 0 aromatic carbocycles. The summed E-state index contributed by atoms with van der Waals surface area (Å²) in [5.74, 6) is -0.139. The van der Waals surface area contributed by atoms with Gasteiger partial charge in [0.15, 0.2) is 0 Å². The van der Waals surface area contributed by atoms with Gasteiger partial charge in [-0.3, -0.25) is 14.8 Å². The molecule has 1 saturated heterocycles. The Balaban J connectivity index is 1.81. The summed E-state index contributed by atoms with van der Waals surface area (Å²) in [5, 5.41) is 21.1. The number of carboxylic acids is 1. The quantitative estimate of drug-likeness (QED) is 0.395. The van der Waals surface area contributed by atoms with Crippen molar-refractivity contribution >= 4 is 17.8 Å². The molecule has 1 fully saturated rings. The van der Waals surface area contributed by atoms with Crippen LogP contribution in [0.15, 0.2) is 12.4 Å². The summed E-state index contributed by atoms with van der Waals surface area (Å²) < 4.78 is 0. The van der Waals surface area contributed by atoms with Crippen LogP contribution in [0.4, 0.5) is 5.95 Å². The van der Waals surface area contributed by atoms with E-state index in [-0.39, 0.29) is 5.56 Å². The van der Waals surface area contributed by atoms with E-state index in [1.165, 1.54) is 12.4 Å². The lowest BCUT2D eigenvalue weighted by Crippen LogP contribution is -2.43. The van der Waals surface area contributed by atoms with Gasteiger partial charge in [-0.05, 0) is 37.6 Å². The lowest BCUT2D eigenvalue weighted by Gasteiger charge is -2.32. The molecule has 1 aliphatic rings. The number of amides is 1. The minimum Gasteiger partial charge on any atom is -0.480 e. The fraction of sp³-hybridized carbons (Fsp3) is 0.647. The van der Waals surface area contributed by atoms with E-state index < -0.39 is 17.9 Å². The largest absolute Gasteiger partial charge is 0.480 e. The van der Waals surface area contributed by atoms with Gasteiger partial charge < -0.3 is 15.3 Å². The molecule has 0 radical (unpaired) electrons. The van der Waals surface area contributed by atoms with Crippen molar-refractivity contribution in [3.63, 3.8) is 0 Å². The summed E-state index contributed by atoms with van der Waals surface area (Å²) in [6, 6.07) is -0.499. The van der Waals surface area contributed by atoms with Crippen molar-refractivity contribution in [2.24, 2.45) is 11.8 Å². The third-order valence-corrected chi connectivity index (χ3v) is 4.56. The normalized spacial score (nSPS) is 16.5. The first-order valence-corrected chi connectivity index (χ1v) is 8.88. The number of aromatic nitrogens is 2. The van der Waals surface area contributed by atoms with Gasteiger partial charge in [-0.2, -0.15) is 0 Å². The number of carbonyl (C=O) groups excluding carboxylic acids is 1. The zero-order valence-electron chi connectivity index (χ0n) is 15.2. The van der Waals surface area contributed by atoms with Crippen LogP contribution in [-0.4, -0.2) is 57.8 Å². The number of piperidine rings is 1. The van der Waals surface area contributed by atoms with Gasteiger partial charge in [0.1, 0.15) is 6.04 Å². The predicted molar refractivity (Wildman–Crippen MR) is 95.1 cm³/mol. The van der Waals surface area contributed by atoms with Crippen LogP contribution in [0.1, 0.15) is 43.5 Å².